The third-order valence-corrected chi connectivity index (χ3v) is 2.65. The van der Waals surface area contributed by atoms with Crippen LogP contribution in [0, 0.1) is 13.8 Å². The number of nitrogens with one attached hydrogen (secondary N) is 1. The number of anilines is 1. The Labute approximate surface area is 94.0 Å². The zero-order valence-electron chi connectivity index (χ0n) is 9.79. The van der Waals surface area contributed by atoms with Gasteiger partial charge in [0.05, 0.1) is 23.3 Å². The first-order valence-electron chi connectivity index (χ1n) is 5.32. The number of aromatic nitrogens is 3. The van der Waals surface area contributed by atoms with E-state index in [0.29, 0.717) is 19.2 Å². The summed E-state index contributed by atoms with van der Waals surface area (Å²) >= 11 is 0. The summed E-state index contributed by atoms with van der Waals surface area (Å²) in [5.74, 6) is 0.420. The molecule has 2 aromatic heterocycles. The minimum absolute atomic E-state index is 0.420. The second-order valence-corrected chi connectivity index (χ2v) is 3.75. The summed E-state index contributed by atoms with van der Waals surface area (Å²) in [5, 5.41) is 0. The molecule has 0 bridgehead atoms. The summed E-state index contributed by atoms with van der Waals surface area (Å²) < 4.78 is 5.38. The minimum atomic E-state index is 0.420. The third-order valence-electron chi connectivity index (χ3n) is 2.65. The average Bonchev–Trinajstić information content (AvgIpc) is 2.64. The molecule has 5 heteroatoms. The van der Waals surface area contributed by atoms with Crippen LogP contribution in [0.15, 0.2) is 0 Å². The maximum atomic E-state index is 5.67. The first kappa shape index (κ1) is 10.9. The van der Waals surface area contributed by atoms with Crippen molar-refractivity contribution in [1.29, 1.82) is 0 Å². The molecule has 0 aliphatic heterocycles. The van der Waals surface area contributed by atoms with Gasteiger partial charge in [0.15, 0.2) is 5.95 Å². The highest BCUT2D eigenvalue weighted by atomic mass is 16.5. The van der Waals surface area contributed by atoms with Gasteiger partial charge in [-0.05, 0) is 26.3 Å². The van der Waals surface area contributed by atoms with Crippen LogP contribution in [0.1, 0.15) is 23.9 Å². The van der Waals surface area contributed by atoms with E-state index < -0.39 is 0 Å². The Hall–Kier alpha value is -1.62. The number of imidazole rings is 1. The van der Waals surface area contributed by atoms with Gasteiger partial charge in [-0.2, -0.15) is 0 Å². The lowest BCUT2D eigenvalue weighted by Gasteiger charge is -2.06. The van der Waals surface area contributed by atoms with Crippen LogP contribution < -0.4 is 5.73 Å². The van der Waals surface area contributed by atoms with E-state index in [1.54, 1.807) is 0 Å². The highest BCUT2D eigenvalue weighted by molar-refractivity contribution is 5.83. The molecular formula is C11H16N4O. The van der Waals surface area contributed by atoms with Crippen LogP contribution in [0.25, 0.3) is 11.0 Å². The fourth-order valence-electron chi connectivity index (χ4n) is 1.69. The van der Waals surface area contributed by atoms with Crippen molar-refractivity contribution in [3.8, 4) is 0 Å². The number of hydrogen-bond donors (Lipinski definition) is 2. The van der Waals surface area contributed by atoms with Crippen molar-refractivity contribution in [3.05, 3.63) is 17.0 Å². The van der Waals surface area contributed by atoms with Crippen molar-refractivity contribution < 1.29 is 4.74 Å². The highest BCUT2D eigenvalue weighted by Crippen LogP contribution is 2.22. The van der Waals surface area contributed by atoms with E-state index >= 15 is 0 Å². The number of nitrogens with zero attached hydrogens (tertiary/aromatic N) is 2. The Morgan fingerprint density at radius 1 is 1.31 bits per heavy atom. The lowest BCUT2D eigenvalue weighted by atomic mass is 10.1. The Kier molecular flexibility index (Phi) is 2.78. The molecule has 0 saturated heterocycles. The van der Waals surface area contributed by atoms with Gasteiger partial charge in [0, 0.05) is 12.3 Å². The molecule has 2 rings (SSSR count). The van der Waals surface area contributed by atoms with Gasteiger partial charge >= 0.3 is 0 Å². The number of nitrogen functional groups attached to an aromatic ring is 1. The fourth-order valence-corrected chi connectivity index (χ4v) is 1.69. The molecule has 2 aromatic rings. The number of nitrogens with two attached hydrogens (primary N) is 1. The molecule has 2 heterocycles. The quantitative estimate of drug-likeness (QED) is 0.825. The summed E-state index contributed by atoms with van der Waals surface area (Å²) in [6.07, 6.45) is 0. The third kappa shape index (κ3) is 1.74. The van der Waals surface area contributed by atoms with Crippen molar-refractivity contribution >= 4 is 17.0 Å². The minimum Gasteiger partial charge on any atom is -0.375 e. The Morgan fingerprint density at radius 2 is 2.06 bits per heavy atom. The molecule has 0 fully saturated rings. The van der Waals surface area contributed by atoms with Gasteiger partial charge in [0.2, 0.25) is 0 Å². The molecule has 0 radical (unpaired) electrons. The summed E-state index contributed by atoms with van der Waals surface area (Å²) in [6, 6.07) is 0. The molecule has 0 unspecified atom stereocenters. The van der Waals surface area contributed by atoms with Crippen LogP contribution in [-0.2, 0) is 11.3 Å². The zero-order valence-corrected chi connectivity index (χ0v) is 9.79. The Balaban J connectivity index is 2.59. The summed E-state index contributed by atoms with van der Waals surface area (Å²) in [5.41, 5.74) is 10.3. The van der Waals surface area contributed by atoms with Gasteiger partial charge in [-0.25, -0.2) is 4.98 Å². The van der Waals surface area contributed by atoms with Crippen LogP contribution in [-0.4, -0.2) is 21.6 Å². The van der Waals surface area contributed by atoms with Gasteiger partial charge in [-0.3, -0.25) is 4.98 Å². The van der Waals surface area contributed by atoms with Gasteiger partial charge in [-0.1, -0.05) is 0 Å². The summed E-state index contributed by atoms with van der Waals surface area (Å²) in [4.78, 5) is 11.8. The maximum Gasteiger partial charge on any atom is 0.198 e. The standard InChI is InChI=1S/C11H16N4O/c1-4-16-5-8-10-9(14-11(12)15-10)6(2)7(3)13-8/h4-5H2,1-3H3,(H3,12,14,15). The topological polar surface area (TPSA) is 76.8 Å². The van der Waals surface area contributed by atoms with E-state index in [-0.39, 0.29) is 0 Å². The predicted octanol–water partition coefficient (Wildman–Crippen LogP) is 1.69. The number of pyridine rings is 1. The van der Waals surface area contributed by atoms with Crippen molar-refractivity contribution in [2.24, 2.45) is 0 Å². The molecule has 0 saturated carbocycles. The van der Waals surface area contributed by atoms with Crippen LogP contribution in [0.4, 0.5) is 5.95 Å². The van der Waals surface area contributed by atoms with E-state index in [4.69, 9.17) is 10.5 Å². The first-order chi connectivity index (χ1) is 7.63. The molecule has 0 amide bonds. The lowest BCUT2D eigenvalue weighted by Crippen LogP contribution is -2.00. The van der Waals surface area contributed by atoms with E-state index in [9.17, 15) is 0 Å². The first-order valence-corrected chi connectivity index (χ1v) is 5.32. The van der Waals surface area contributed by atoms with Crippen LogP contribution in [0.5, 0.6) is 0 Å². The van der Waals surface area contributed by atoms with Crippen molar-refractivity contribution in [1.82, 2.24) is 15.0 Å². The summed E-state index contributed by atoms with van der Waals surface area (Å²) in [6.45, 7) is 7.07. The van der Waals surface area contributed by atoms with Crippen molar-refractivity contribution in [3.63, 3.8) is 0 Å². The molecular weight excluding hydrogens is 204 g/mol. The normalized spacial score (nSPS) is 11.2. The predicted molar refractivity (Wildman–Crippen MR) is 63.1 cm³/mol. The molecule has 0 aliphatic rings. The van der Waals surface area contributed by atoms with E-state index in [1.807, 2.05) is 20.8 Å². The van der Waals surface area contributed by atoms with E-state index in [2.05, 4.69) is 15.0 Å². The molecule has 0 atom stereocenters. The average molecular weight is 220 g/mol. The van der Waals surface area contributed by atoms with Gasteiger partial charge in [0.1, 0.15) is 0 Å². The fraction of sp³-hybridized carbons (Fsp3) is 0.455. The van der Waals surface area contributed by atoms with Crippen molar-refractivity contribution in [2.75, 3.05) is 12.3 Å². The Bertz CT molecular complexity index is 518. The number of hydrogen-bond acceptors (Lipinski definition) is 4. The Morgan fingerprint density at radius 3 is 2.75 bits per heavy atom. The second-order valence-electron chi connectivity index (χ2n) is 3.75. The van der Waals surface area contributed by atoms with E-state index in [1.165, 1.54) is 0 Å². The highest BCUT2D eigenvalue weighted by Gasteiger charge is 2.12. The molecule has 0 aliphatic carbocycles. The van der Waals surface area contributed by atoms with E-state index in [0.717, 1.165) is 28.0 Å². The molecule has 0 spiro atoms. The van der Waals surface area contributed by atoms with Crippen molar-refractivity contribution in [2.45, 2.75) is 27.4 Å². The number of fused-ring (bicyclic) bond motifs is 1. The number of aromatic amines is 1. The van der Waals surface area contributed by atoms with Crippen LogP contribution in [0.2, 0.25) is 0 Å². The molecule has 86 valence electrons. The number of ether oxygens (including phenoxy) is 1. The second kappa shape index (κ2) is 4.09. The smallest absolute Gasteiger partial charge is 0.198 e. The molecule has 0 aromatic carbocycles. The van der Waals surface area contributed by atoms with Gasteiger partial charge < -0.3 is 15.5 Å². The molecule has 5 nitrogen and oxygen atoms in total. The van der Waals surface area contributed by atoms with Crippen LogP contribution in [0.3, 0.4) is 0 Å². The van der Waals surface area contributed by atoms with Gasteiger partial charge in [0.25, 0.3) is 0 Å². The maximum absolute atomic E-state index is 5.67. The summed E-state index contributed by atoms with van der Waals surface area (Å²) in [7, 11) is 0. The number of rotatable bonds is 3. The lowest BCUT2D eigenvalue weighted by molar-refractivity contribution is 0.132. The SMILES string of the molecule is CCOCc1nc(C)c(C)c2nc(N)[nH]c12. The van der Waals surface area contributed by atoms with Crippen LogP contribution >= 0.6 is 0 Å². The number of H-pyrrole nitrogens is 1. The van der Waals surface area contributed by atoms with Gasteiger partial charge in [-0.15, -0.1) is 0 Å². The zero-order chi connectivity index (χ0) is 11.7. The molecule has 16 heavy (non-hydrogen) atoms. The molecule has 3 N–H and O–H groups in total. The monoisotopic (exact) mass is 220 g/mol. The largest absolute Gasteiger partial charge is 0.375 e. The number of aryl methyl sites for hydroxylation is 2.